The molecule has 0 saturated carbocycles. The number of rotatable bonds is 0. The van der Waals surface area contributed by atoms with E-state index in [4.69, 9.17) is 0 Å². The van der Waals surface area contributed by atoms with Crippen LogP contribution in [0.3, 0.4) is 0 Å². The summed E-state index contributed by atoms with van der Waals surface area (Å²) in [6.07, 6.45) is 0. The van der Waals surface area contributed by atoms with Crippen LogP contribution in [0.5, 0.6) is 0 Å². The van der Waals surface area contributed by atoms with Crippen molar-refractivity contribution in [2.45, 2.75) is 0 Å². The average molecular weight is 216 g/mol. The normalized spacial score (nSPS) is 4.00. The molecule has 0 spiro atoms. The Morgan fingerprint density at radius 3 is 0.222 bits per heavy atom. The second-order valence-electron chi connectivity index (χ2n) is 2.25. The lowest BCUT2D eigenvalue weighted by Crippen LogP contribution is -1.31. The van der Waals surface area contributed by atoms with E-state index in [2.05, 4.69) is 109 Å². The molecule has 0 aliphatic rings. The third-order valence-corrected chi connectivity index (χ3v) is 1.12. The van der Waals surface area contributed by atoms with Gasteiger partial charge in [0.05, 0.1) is 0 Å². The van der Waals surface area contributed by atoms with Gasteiger partial charge in [-0.15, -0.1) is 0 Å². The second kappa shape index (κ2) is 9.59. The number of hydrogen-bond acceptors (Lipinski definition) is 0. The van der Waals surface area contributed by atoms with Crippen LogP contribution < -0.4 is 0 Å². The first-order valence-corrected chi connectivity index (χ1v) is 4.50. The van der Waals surface area contributed by atoms with Gasteiger partial charge in [-0.25, -0.2) is 0 Å². The van der Waals surface area contributed by atoms with E-state index in [1.54, 1.807) is 0 Å². The summed E-state index contributed by atoms with van der Waals surface area (Å²) in [5, 5.41) is 0. The van der Waals surface area contributed by atoms with E-state index < -0.39 is 0 Å². The Labute approximate surface area is 110 Å². The van der Waals surface area contributed by atoms with Crippen LogP contribution in [0.4, 0.5) is 0 Å². The van der Waals surface area contributed by atoms with E-state index in [0.717, 1.165) is 0 Å². The van der Waals surface area contributed by atoms with Crippen LogP contribution in [-0.2, 0) is 0 Å². The molecule has 0 bridgehead atoms. The zero-order valence-electron chi connectivity index (χ0n) is 9.00. The molecule has 0 heteroatoms. The predicted octanol–water partition coefficient (Wildman–Crippen LogP) is 1.46. The third kappa shape index (κ3) is 7.44. The number of hydrogen-bond donors (Lipinski definition) is 0. The van der Waals surface area contributed by atoms with Crippen LogP contribution in [0.1, 0.15) is 0 Å². The van der Waals surface area contributed by atoms with Crippen molar-refractivity contribution in [1.29, 1.82) is 0 Å². The molecule has 0 fully saturated rings. The van der Waals surface area contributed by atoms with Crippen molar-refractivity contribution in [2.75, 3.05) is 0 Å². The van der Waals surface area contributed by atoms with Crippen molar-refractivity contribution in [2.24, 2.45) is 0 Å². The van der Waals surface area contributed by atoms with Gasteiger partial charge in [-0.05, 0) is 0 Å². The largest absolute Gasteiger partial charge is 0 e. The molecule has 0 unspecified atom stereocenters. The summed E-state index contributed by atoms with van der Waals surface area (Å²) in [4.78, 5) is 0. The molecule has 0 heterocycles. The van der Waals surface area contributed by atoms with E-state index in [1.165, 1.54) is 0 Å². The highest BCUT2D eigenvalue weighted by Gasteiger charge is 1.41. The van der Waals surface area contributed by atoms with E-state index in [1.807, 2.05) is 0 Å². The lowest BCUT2D eigenvalue weighted by Gasteiger charge is -1.39. The summed E-state index contributed by atoms with van der Waals surface area (Å²) in [5.41, 5.74) is 0. The molecule has 1 aromatic rings. The first-order chi connectivity index (χ1) is 9.00. The minimum absolute atomic E-state index is 2.50. The molecule has 0 atom stereocenters. The minimum Gasteiger partial charge on any atom is 0 e. The molecule has 0 nitrogen and oxygen atoms in total. The minimum atomic E-state index is 2.50. The fraction of sp³-hybridized carbons (Fsp3) is 0. The predicted molar refractivity (Wildman–Crippen MR) is 58.4 cm³/mol. The van der Waals surface area contributed by atoms with E-state index in [0.29, 0.717) is 0 Å². The molecule has 1 aromatic carbocycles. The van der Waals surface area contributed by atoms with Gasteiger partial charge >= 0.3 is 0 Å². The highest BCUT2D eigenvalue weighted by atomic mass is 13.4. The topological polar surface area (TPSA) is 0 Å². The van der Waals surface area contributed by atoms with Gasteiger partial charge in [0.1, 0.15) is 0 Å². The summed E-state index contributed by atoms with van der Waals surface area (Å²) < 4.78 is 0. The molecule has 0 aliphatic heterocycles. The van der Waals surface area contributed by atoms with Crippen LogP contribution in [0, 0.1) is 109 Å². The standard InChI is InChI=1S/C18/c1-2-4-6-8-10-12-14-16-18-17-15-13-11-9-7-5-3-1. The van der Waals surface area contributed by atoms with Crippen molar-refractivity contribution in [1.82, 2.24) is 0 Å². The van der Waals surface area contributed by atoms with E-state index in [-0.39, 0.29) is 0 Å². The van der Waals surface area contributed by atoms with Gasteiger partial charge in [0.25, 0.3) is 0 Å². The Bertz CT molecular complexity index is 291. The van der Waals surface area contributed by atoms with Crippen LogP contribution in [0.25, 0.3) is 0 Å². The zero-order chi connectivity index (χ0) is 12.7. The Kier molecular flexibility index (Phi) is 6.45. The van der Waals surface area contributed by atoms with Gasteiger partial charge < -0.3 is 0 Å². The third-order valence-electron chi connectivity index (χ3n) is 1.12. The SMILES string of the molecule is c1c#cc#cc#cc#cc#cc#cc#cc#cc#1. The quantitative estimate of drug-likeness (QED) is 0.616. The van der Waals surface area contributed by atoms with Crippen molar-refractivity contribution < 1.29 is 0 Å². The average Bonchev–Trinajstić information content (AvgIpc) is 2.39. The Morgan fingerprint density at radius 1 is 0.111 bits per heavy atom. The second-order valence-corrected chi connectivity index (χ2v) is 2.25. The molecule has 72 valence electrons. The monoisotopic (exact) mass is 216 g/mol. The van der Waals surface area contributed by atoms with Gasteiger partial charge in [-0.2, -0.15) is 0 Å². The summed E-state index contributed by atoms with van der Waals surface area (Å²) in [7, 11) is 0. The maximum absolute atomic E-state index is 2.50. The molecule has 0 aliphatic carbocycles. The van der Waals surface area contributed by atoms with Crippen LogP contribution in [0.2, 0.25) is 0 Å². The van der Waals surface area contributed by atoms with Gasteiger partial charge in [-0.1, -0.05) is 0 Å². The molecule has 18 heavy (non-hydrogen) atoms. The molecule has 0 amide bonds. The molecule has 0 N–H and O–H groups in total. The molecular weight excluding hydrogens is 216 g/mol. The lowest BCUT2D eigenvalue weighted by molar-refractivity contribution is 1.85. The maximum atomic E-state index is 2.50. The highest BCUT2D eigenvalue weighted by Crippen LogP contribution is 1.49. The molecular formula is C18. The van der Waals surface area contributed by atoms with Crippen LogP contribution in [0.15, 0.2) is 0 Å². The first-order valence-electron chi connectivity index (χ1n) is 4.50. The van der Waals surface area contributed by atoms with Crippen molar-refractivity contribution >= 4 is 0 Å². The van der Waals surface area contributed by atoms with Crippen molar-refractivity contribution in [3.8, 4) is 0 Å². The summed E-state index contributed by atoms with van der Waals surface area (Å²) in [5.74, 6) is 0. The van der Waals surface area contributed by atoms with Gasteiger partial charge in [-0.3, -0.25) is 0 Å². The highest BCUT2D eigenvalue weighted by molar-refractivity contribution is 4.65. The van der Waals surface area contributed by atoms with Crippen LogP contribution >= 0.6 is 0 Å². The fourth-order valence-electron chi connectivity index (χ4n) is 0.562. The summed E-state index contributed by atoms with van der Waals surface area (Å²) in [6.45, 7) is 0. The summed E-state index contributed by atoms with van der Waals surface area (Å²) in [6, 6.07) is 45.0. The van der Waals surface area contributed by atoms with Crippen molar-refractivity contribution in [3.05, 3.63) is 109 Å². The first kappa shape index (κ1) is 12.1. The Balaban J connectivity index is 3.00. The molecule has 0 radical (unpaired) electrons. The van der Waals surface area contributed by atoms with E-state index >= 15 is 0 Å². The van der Waals surface area contributed by atoms with Crippen LogP contribution in [-0.4, -0.2) is 0 Å². The Hall–Kier alpha value is -3.96. The zero-order valence-corrected chi connectivity index (χ0v) is 9.00. The van der Waals surface area contributed by atoms with Gasteiger partial charge in [0.15, 0.2) is 0 Å². The maximum Gasteiger partial charge on any atom is 0 e. The smallest absolute Gasteiger partial charge is 0 e. The lowest BCUT2D eigenvalue weighted by atomic mass is 10.6. The Morgan fingerprint density at radius 2 is 0.167 bits per heavy atom. The molecule has 0 saturated heterocycles. The summed E-state index contributed by atoms with van der Waals surface area (Å²) >= 11 is 0. The molecule has 1 rings (SSSR count). The van der Waals surface area contributed by atoms with Crippen molar-refractivity contribution in [3.63, 3.8) is 0 Å². The molecule has 0 aromatic heterocycles. The fourth-order valence-corrected chi connectivity index (χ4v) is 0.562. The van der Waals surface area contributed by atoms with Gasteiger partial charge in [0.2, 0.25) is 0 Å². The van der Waals surface area contributed by atoms with E-state index in [9.17, 15) is 0 Å². The van der Waals surface area contributed by atoms with Gasteiger partial charge in [0, 0.05) is 109 Å².